The molecule has 0 N–H and O–H groups in total. The molecule has 0 unspecified atom stereocenters. The van der Waals surface area contributed by atoms with Crippen molar-refractivity contribution < 1.29 is 4.21 Å². The van der Waals surface area contributed by atoms with E-state index in [1.807, 2.05) is 0 Å². The smallest absolute Gasteiger partial charge is 0.236 e. The third-order valence-corrected chi connectivity index (χ3v) is 1.65. The Labute approximate surface area is 66.2 Å². The number of rotatable bonds is 0. The molecule has 5 heteroatoms. The first kappa shape index (κ1) is 6.36. The Hall–Kier alpha value is -1.36. The normalized spacial score (nSPS) is 19.5. The lowest BCUT2D eigenvalue weighted by atomic mass is 10.3. The Morgan fingerprint density at radius 3 is 3.09 bits per heavy atom. The van der Waals surface area contributed by atoms with Gasteiger partial charge in [0.2, 0.25) is 0 Å². The lowest BCUT2D eigenvalue weighted by molar-refractivity contribution is 0.700. The zero-order valence-corrected chi connectivity index (χ0v) is 6.21. The molecule has 0 saturated heterocycles. The maximum absolute atomic E-state index is 10.3. The highest BCUT2D eigenvalue weighted by Crippen LogP contribution is 2.07. The molecule has 0 aromatic rings. The first-order valence-corrected chi connectivity index (χ1v) is 3.68. The third kappa shape index (κ3) is 0.988. The Kier molecular flexibility index (Phi) is 1.36. The minimum atomic E-state index is 0.219. The standard InChI is InChI=1S/C6H3N3OS/c10-11-6-8-3-4-1-2-7-5(4)9-6/h1-3H. The fraction of sp³-hybridized carbons (Fsp3) is 0. The van der Waals surface area contributed by atoms with Crippen molar-refractivity contribution in [2.75, 3.05) is 0 Å². The van der Waals surface area contributed by atoms with Gasteiger partial charge >= 0.3 is 0 Å². The van der Waals surface area contributed by atoms with Crippen LogP contribution in [0.3, 0.4) is 0 Å². The lowest BCUT2D eigenvalue weighted by Gasteiger charge is -1.99. The van der Waals surface area contributed by atoms with E-state index in [4.69, 9.17) is 0 Å². The average Bonchev–Trinajstić information content (AvgIpc) is 2.50. The van der Waals surface area contributed by atoms with Crippen molar-refractivity contribution in [3.05, 3.63) is 11.6 Å². The molecule has 0 fully saturated rings. The third-order valence-electron chi connectivity index (χ3n) is 1.30. The summed E-state index contributed by atoms with van der Waals surface area (Å²) in [6, 6.07) is 0. The molecule has 2 rings (SSSR count). The van der Waals surface area contributed by atoms with E-state index in [0.717, 1.165) is 5.57 Å². The molecule has 0 bridgehead atoms. The Morgan fingerprint density at radius 2 is 2.27 bits per heavy atom. The molecule has 0 saturated carbocycles. The van der Waals surface area contributed by atoms with Crippen LogP contribution in [0.2, 0.25) is 0 Å². The zero-order valence-electron chi connectivity index (χ0n) is 5.39. The van der Waals surface area contributed by atoms with Gasteiger partial charge < -0.3 is 0 Å². The van der Waals surface area contributed by atoms with Gasteiger partial charge in [-0.2, -0.15) is 4.99 Å². The minimum Gasteiger partial charge on any atom is -0.236 e. The summed E-state index contributed by atoms with van der Waals surface area (Å²) in [6.07, 6.45) is 5.03. The van der Waals surface area contributed by atoms with Crippen LogP contribution in [0.5, 0.6) is 0 Å². The Balaban J connectivity index is 2.53. The van der Waals surface area contributed by atoms with Crippen molar-refractivity contribution in [1.29, 1.82) is 0 Å². The summed E-state index contributed by atoms with van der Waals surface area (Å²) in [5, 5.41) is 0.219. The second kappa shape index (κ2) is 2.35. The van der Waals surface area contributed by atoms with E-state index in [1.54, 1.807) is 18.5 Å². The van der Waals surface area contributed by atoms with Crippen LogP contribution < -0.4 is 0 Å². The molecule has 0 amide bonds. The number of allylic oxidation sites excluding steroid dienone is 1. The molecular formula is C6H3N3OS. The van der Waals surface area contributed by atoms with Crippen molar-refractivity contribution in [2.24, 2.45) is 15.0 Å². The first-order chi connectivity index (χ1) is 5.40. The zero-order chi connectivity index (χ0) is 7.68. The van der Waals surface area contributed by atoms with Gasteiger partial charge in [-0.05, 0) is 6.08 Å². The van der Waals surface area contributed by atoms with Gasteiger partial charge in [0, 0.05) is 18.0 Å². The average molecular weight is 165 g/mol. The van der Waals surface area contributed by atoms with Gasteiger partial charge in [-0.1, -0.05) is 0 Å². The van der Waals surface area contributed by atoms with E-state index in [2.05, 4.69) is 15.0 Å². The van der Waals surface area contributed by atoms with Gasteiger partial charge in [0.25, 0.3) is 5.11 Å². The SMILES string of the molecule is O=S=C1N=CC2=CC=NC2=N1. The number of aliphatic imine (C=N–C) groups is 3. The molecule has 0 aromatic heterocycles. The molecular weight excluding hydrogens is 162 g/mol. The summed E-state index contributed by atoms with van der Waals surface area (Å²) < 4.78 is 10.3. The molecule has 2 aliphatic rings. The van der Waals surface area contributed by atoms with Crippen molar-refractivity contribution in [1.82, 2.24) is 0 Å². The molecule has 0 atom stereocenters. The first-order valence-electron chi connectivity index (χ1n) is 2.94. The van der Waals surface area contributed by atoms with Gasteiger partial charge in [-0.25, -0.2) is 14.2 Å². The Bertz CT molecular complexity index is 371. The van der Waals surface area contributed by atoms with E-state index >= 15 is 0 Å². The van der Waals surface area contributed by atoms with Gasteiger partial charge in [0.1, 0.15) is 11.3 Å². The van der Waals surface area contributed by atoms with Crippen LogP contribution in [-0.4, -0.2) is 27.6 Å². The highest BCUT2D eigenvalue weighted by atomic mass is 32.1. The molecule has 0 radical (unpaired) electrons. The predicted octanol–water partition coefficient (Wildman–Crippen LogP) is -0.220. The summed E-state index contributed by atoms with van der Waals surface area (Å²) in [5.41, 5.74) is 0.864. The molecule has 2 aliphatic heterocycles. The monoisotopic (exact) mass is 165 g/mol. The molecule has 4 nitrogen and oxygen atoms in total. The molecule has 0 spiro atoms. The topological polar surface area (TPSA) is 54.1 Å². The summed E-state index contributed by atoms with van der Waals surface area (Å²) in [4.78, 5) is 11.6. The van der Waals surface area contributed by atoms with Gasteiger partial charge in [0.05, 0.1) is 0 Å². The van der Waals surface area contributed by atoms with E-state index in [-0.39, 0.29) is 16.4 Å². The molecule has 0 aromatic carbocycles. The predicted molar refractivity (Wildman–Crippen MR) is 45.7 cm³/mol. The summed E-state index contributed by atoms with van der Waals surface area (Å²) in [6.45, 7) is 0. The fourth-order valence-electron chi connectivity index (χ4n) is 0.816. The largest absolute Gasteiger partial charge is 0.250 e. The fourth-order valence-corrected chi connectivity index (χ4v) is 1.04. The Morgan fingerprint density at radius 1 is 1.36 bits per heavy atom. The van der Waals surface area contributed by atoms with Crippen molar-refractivity contribution in [3.8, 4) is 0 Å². The van der Waals surface area contributed by atoms with Crippen LogP contribution in [0, 0.1) is 0 Å². The number of amidine groups is 1. The molecule has 0 aliphatic carbocycles. The number of hydrogen-bond acceptors (Lipinski definition) is 2. The minimum absolute atomic E-state index is 0.219. The number of hydrogen-bond donors (Lipinski definition) is 0. The van der Waals surface area contributed by atoms with Gasteiger partial charge in [0.15, 0.2) is 5.84 Å². The van der Waals surface area contributed by atoms with Crippen LogP contribution in [0.15, 0.2) is 26.6 Å². The maximum Gasteiger partial charge on any atom is 0.250 e. The highest BCUT2D eigenvalue weighted by Gasteiger charge is 2.12. The summed E-state index contributed by atoms with van der Waals surface area (Å²) >= 11 is 0.275. The maximum atomic E-state index is 10.3. The van der Waals surface area contributed by atoms with E-state index in [0.29, 0.717) is 5.84 Å². The molecule has 54 valence electrons. The van der Waals surface area contributed by atoms with Gasteiger partial charge in [-0.15, -0.1) is 0 Å². The highest BCUT2D eigenvalue weighted by molar-refractivity contribution is 7.66. The van der Waals surface area contributed by atoms with E-state index in [9.17, 15) is 4.21 Å². The van der Waals surface area contributed by atoms with Crippen molar-refractivity contribution in [3.63, 3.8) is 0 Å². The van der Waals surface area contributed by atoms with E-state index < -0.39 is 0 Å². The van der Waals surface area contributed by atoms with Crippen LogP contribution in [-0.2, 0) is 11.3 Å². The quantitative estimate of drug-likeness (QED) is 0.458. The second-order valence-corrected chi connectivity index (χ2v) is 2.49. The summed E-state index contributed by atoms with van der Waals surface area (Å²) in [7, 11) is 0. The summed E-state index contributed by atoms with van der Waals surface area (Å²) in [5.74, 6) is 0.582. The van der Waals surface area contributed by atoms with Crippen molar-refractivity contribution >= 4 is 34.6 Å². The van der Waals surface area contributed by atoms with Crippen LogP contribution in [0.25, 0.3) is 0 Å². The molecule has 11 heavy (non-hydrogen) atoms. The molecule has 2 heterocycles. The second-order valence-electron chi connectivity index (χ2n) is 1.96. The van der Waals surface area contributed by atoms with Gasteiger partial charge in [-0.3, -0.25) is 0 Å². The number of nitrogens with zero attached hydrogens (tertiary/aromatic N) is 3. The van der Waals surface area contributed by atoms with E-state index in [1.165, 1.54) is 0 Å². The number of fused-ring (bicyclic) bond motifs is 1. The van der Waals surface area contributed by atoms with Crippen LogP contribution >= 0.6 is 0 Å². The van der Waals surface area contributed by atoms with Crippen LogP contribution in [0.1, 0.15) is 0 Å². The van der Waals surface area contributed by atoms with Crippen molar-refractivity contribution in [2.45, 2.75) is 0 Å². The lowest BCUT2D eigenvalue weighted by Crippen LogP contribution is -2.07. The van der Waals surface area contributed by atoms with Crippen LogP contribution in [0.4, 0.5) is 0 Å².